The molecule has 28 heavy (non-hydrogen) atoms. The van der Waals surface area contributed by atoms with Crippen LogP contribution in [0.25, 0.3) is 5.65 Å². The van der Waals surface area contributed by atoms with Gasteiger partial charge in [0.15, 0.2) is 5.65 Å². The summed E-state index contributed by atoms with van der Waals surface area (Å²) in [7, 11) is 0. The Morgan fingerprint density at radius 3 is 2.54 bits per heavy atom. The Bertz CT molecular complexity index is 1020. The number of carbonyl (C=O) groups is 1. The summed E-state index contributed by atoms with van der Waals surface area (Å²) in [5, 5.41) is 8.12. The Morgan fingerprint density at radius 2 is 1.79 bits per heavy atom. The molecule has 3 heterocycles. The number of halogens is 1. The lowest BCUT2D eigenvalue weighted by atomic mass is 10.2. The fourth-order valence-corrected chi connectivity index (χ4v) is 3.79. The van der Waals surface area contributed by atoms with Crippen molar-refractivity contribution >= 4 is 40.6 Å². The average molecular weight is 397 g/mol. The smallest absolute Gasteiger partial charge is 0.249 e. The van der Waals surface area contributed by atoms with Crippen LogP contribution in [-0.2, 0) is 4.79 Å². The lowest BCUT2D eigenvalue weighted by molar-refractivity contribution is -0.117. The SMILES string of the molecule is O=C(Nc1nc2cccc(N3CCN(c4cccc(Cl)c4)CC3)n2n1)C1CC1. The van der Waals surface area contributed by atoms with Crippen LogP contribution in [0.15, 0.2) is 42.5 Å². The van der Waals surface area contributed by atoms with Crippen molar-refractivity contribution in [1.82, 2.24) is 14.6 Å². The van der Waals surface area contributed by atoms with E-state index in [-0.39, 0.29) is 11.8 Å². The highest BCUT2D eigenvalue weighted by molar-refractivity contribution is 6.30. The third kappa shape index (κ3) is 3.38. The number of pyridine rings is 1. The first-order valence-corrected chi connectivity index (χ1v) is 9.97. The van der Waals surface area contributed by atoms with Crippen molar-refractivity contribution in [2.45, 2.75) is 12.8 Å². The van der Waals surface area contributed by atoms with Crippen molar-refractivity contribution in [3.05, 3.63) is 47.5 Å². The van der Waals surface area contributed by atoms with Crippen LogP contribution in [0.3, 0.4) is 0 Å². The minimum absolute atomic E-state index is 0.0209. The van der Waals surface area contributed by atoms with Crippen molar-refractivity contribution < 1.29 is 4.79 Å². The molecule has 1 aliphatic carbocycles. The maximum atomic E-state index is 12.0. The molecule has 1 aliphatic heterocycles. The van der Waals surface area contributed by atoms with Crippen LogP contribution in [0.5, 0.6) is 0 Å². The van der Waals surface area contributed by atoms with Gasteiger partial charge >= 0.3 is 0 Å². The number of hydrogen-bond acceptors (Lipinski definition) is 5. The third-order valence-electron chi connectivity index (χ3n) is 5.30. The van der Waals surface area contributed by atoms with Gasteiger partial charge in [-0.05, 0) is 43.2 Å². The van der Waals surface area contributed by atoms with Gasteiger partial charge < -0.3 is 9.80 Å². The number of benzene rings is 1. The van der Waals surface area contributed by atoms with E-state index in [0.717, 1.165) is 61.2 Å². The predicted molar refractivity (Wildman–Crippen MR) is 110 cm³/mol. The molecule has 0 atom stereocenters. The van der Waals surface area contributed by atoms with E-state index in [0.29, 0.717) is 5.95 Å². The average Bonchev–Trinajstić information content (AvgIpc) is 3.48. The first-order valence-electron chi connectivity index (χ1n) is 9.59. The Kier molecular flexibility index (Phi) is 4.31. The van der Waals surface area contributed by atoms with Crippen LogP contribution in [0.1, 0.15) is 12.8 Å². The molecule has 1 saturated carbocycles. The third-order valence-corrected chi connectivity index (χ3v) is 5.54. The second-order valence-electron chi connectivity index (χ2n) is 7.31. The number of nitrogens with zero attached hydrogens (tertiary/aromatic N) is 5. The van der Waals surface area contributed by atoms with E-state index in [4.69, 9.17) is 11.6 Å². The van der Waals surface area contributed by atoms with Gasteiger partial charge in [0.25, 0.3) is 0 Å². The summed E-state index contributed by atoms with van der Waals surface area (Å²) in [5.74, 6) is 1.52. The molecule has 2 aliphatic rings. The molecule has 8 heteroatoms. The first-order chi connectivity index (χ1) is 13.7. The van der Waals surface area contributed by atoms with Crippen LogP contribution in [0.4, 0.5) is 17.5 Å². The van der Waals surface area contributed by atoms with Crippen LogP contribution in [-0.4, -0.2) is 46.7 Å². The summed E-state index contributed by atoms with van der Waals surface area (Å²) in [6.07, 6.45) is 1.92. The summed E-state index contributed by atoms with van der Waals surface area (Å²) in [4.78, 5) is 21.1. The maximum absolute atomic E-state index is 12.0. The molecule has 2 fully saturated rings. The molecule has 7 nitrogen and oxygen atoms in total. The molecular weight excluding hydrogens is 376 g/mol. The van der Waals surface area contributed by atoms with Crippen molar-refractivity contribution in [3.63, 3.8) is 0 Å². The molecule has 3 aromatic rings. The summed E-state index contributed by atoms with van der Waals surface area (Å²) in [5.41, 5.74) is 1.89. The van der Waals surface area contributed by atoms with E-state index in [1.165, 1.54) is 0 Å². The minimum atomic E-state index is 0.0209. The van der Waals surface area contributed by atoms with Gasteiger partial charge in [0.05, 0.1) is 0 Å². The Morgan fingerprint density at radius 1 is 1.04 bits per heavy atom. The summed E-state index contributed by atoms with van der Waals surface area (Å²) in [6, 6.07) is 13.9. The molecule has 1 N–H and O–H groups in total. The van der Waals surface area contributed by atoms with Crippen molar-refractivity contribution in [2.24, 2.45) is 5.92 Å². The fraction of sp³-hybridized carbons (Fsp3) is 0.350. The zero-order chi connectivity index (χ0) is 19.1. The summed E-state index contributed by atoms with van der Waals surface area (Å²) < 4.78 is 1.82. The standard InChI is InChI=1S/C20H21ClN6O/c21-15-3-1-4-16(13-15)25-9-11-26(12-10-25)18-6-2-5-17-22-20(24-27(17)18)23-19(28)14-7-8-14/h1-6,13-14H,7-12H2,(H,23,24,28). The van der Waals surface area contributed by atoms with E-state index in [9.17, 15) is 4.79 Å². The number of nitrogens with one attached hydrogen (secondary N) is 1. The molecular formula is C20H21ClN6O. The van der Waals surface area contributed by atoms with Gasteiger partial charge in [0.1, 0.15) is 5.82 Å². The Hall–Kier alpha value is -2.80. The van der Waals surface area contributed by atoms with E-state index < -0.39 is 0 Å². The topological polar surface area (TPSA) is 65.8 Å². The van der Waals surface area contributed by atoms with Gasteiger partial charge in [-0.3, -0.25) is 10.1 Å². The highest BCUT2D eigenvalue weighted by Crippen LogP contribution is 2.30. The predicted octanol–water partition coefficient (Wildman–Crippen LogP) is 3.06. The molecule has 0 unspecified atom stereocenters. The molecule has 0 spiro atoms. The number of aromatic nitrogens is 3. The number of carbonyl (C=O) groups excluding carboxylic acids is 1. The van der Waals surface area contributed by atoms with Gasteiger partial charge in [-0.15, -0.1) is 5.10 Å². The molecule has 0 radical (unpaired) electrons. The summed E-state index contributed by atoms with van der Waals surface area (Å²) in [6.45, 7) is 3.54. The Balaban J connectivity index is 1.33. The Labute approximate surface area is 167 Å². The van der Waals surface area contributed by atoms with Crippen molar-refractivity contribution in [2.75, 3.05) is 41.3 Å². The minimum Gasteiger partial charge on any atom is -0.368 e. The maximum Gasteiger partial charge on any atom is 0.249 e. The molecule has 2 aromatic heterocycles. The zero-order valence-corrected chi connectivity index (χ0v) is 16.1. The highest BCUT2D eigenvalue weighted by atomic mass is 35.5. The van der Waals surface area contributed by atoms with Crippen molar-refractivity contribution in [1.29, 1.82) is 0 Å². The lowest BCUT2D eigenvalue weighted by Crippen LogP contribution is -2.47. The van der Waals surface area contributed by atoms with E-state index in [1.54, 1.807) is 0 Å². The van der Waals surface area contributed by atoms with E-state index in [2.05, 4.69) is 31.3 Å². The monoisotopic (exact) mass is 396 g/mol. The number of amides is 1. The van der Waals surface area contributed by atoms with E-state index >= 15 is 0 Å². The highest BCUT2D eigenvalue weighted by Gasteiger charge is 2.30. The van der Waals surface area contributed by atoms with Crippen LogP contribution >= 0.6 is 11.6 Å². The molecule has 1 aromatic carbocycles. The molecule has 1 saturated heterocycles. The van der Waals surface area contributed by atoms with Crippen LogP contribution in [0.2, 0.25) is 5.02 Å². The molecule has 144 valence electrons. The first kappa shape index (κ1) is 17.3. The van der Waals surface area contributed by atoms with Gasteiger partial charge in [0.2, 0.25) is 11.9 Å². The lowest BCUT2D eigenvalue weighted by Gasteiger charge is -2.37. The number of hydrogen-bond donors (Lipinski definition) is 1. The van der Waals surface area contributed by atoms with Gasteiger partial charge in [-0.1, -0.05) is 23.7 Å². The number of anilines is 3. The zero-order valence-electron chi connectivity index (χ0n) is 15.4. The van der Waals surface area contributed by atoms with Crippen LogP contribution < -0.4 is 15.1 Å². The molecule has 5 rings (SSSR count). The second-order valence-corrected chi connectivity index (χ2v) is 7.74. The molecule has 1 amide bonds. The van der Waals surface area contributed by atoms with E-state index in [1.807, 2.05) is 40.9 Å². The van der Waals surface area contributed by atoms with Gasteiger partial charge in [-0.2, -0.15) is 9.50 Å². The fourth-order valence-electron chi connectivity index (χ4n) is 3.61. The second kappa shape index (κ2) is 6.98. The molecule has 0 bridgehead atoms. The van der Waals surface area contributed by atoms with Crippen molar-refractivity contribution in [3.8, 4) is 0 Å². The van der Waals surface area contributed by atoms with Gasteiger partial charge in [0, 0.05) is 42.8 Å². The summed E-state index contributed by atoms with van der Waals surface area (Å²) >= 11 is 6.13. The van der Waals surface area contributed by atoms with Gasteiger partial charge in [-0.25, -0.2) is 0 Å². The van der Waals surface area contributed by atoms with Crippen LogP contribution in [0, 0.1) is 5.92 Å². The quantitative estimate of drug-likeness (QED) is 0.734. The number of fused-ring (bicyclic) bond motifs is 1. The number of rotatable bonds is 4. The largest absolute Gasteiger partial charge is 0.368 e. The normalized spacial score (nSPS) is 17.2. The number of piperazine rings is 1.